The minimum atomic E-state index is -0.488. The van der Waals surface area contributed by atoms with Crippen LogP contribution in [0, 0.1) is 23.0 Å². The first-order valence-electron chi connectivity index (χ1n) is 7.17. The molecular formula is C15H19BrN2O3. The van der Waals surface area contributed by atoms with Crippen LogP contribution in [-0.2, 0) is 0 Å². The van der Waals surface area contributed by atoms with Crippen molar-refractivity contribution in [1.29, 1.82) is 0 Å². The molecule has 0 aliphatic heterocycles. The summed E-state index contributed by atoms with van der Waals surface area (Å²) < 4.78 is 0. The second-order valence-electron chi connectivity index (χ2n) is 5.50. The van der Waals surface area contributed by atoms with Gasteiger partial charge in [-0.25, -0.2) is 0 Å². The van der Waals surface area contributed by atoms with Crippen LogP contribution in [0.1, 0.15) is 41.6 Å². The van der Waals surface area contributed by atoms with E-state index in [0.717, 1.165) is 12.8 Å². The quantitative estimate of drug-likeness (QED) is 0.510. The van der Waals surface area contributed by atoms with E-state index in [0.29, 0.717) is 22.9 Å². The predicted octanol–water partition coefficient (Wildman–Crippen LogP) is 3.59. The van der Waals surface area contributed by atoms with Crippen molar-refractivity contribution >= 4 is 27.5 Å². The van der Waals surface area contributed by atoms with Crippen molar-refractivity contribution in [3.63, 3.8) is 0 Å². The van der Waals surface area contributed by atoms with E-state index in [1.54, 1.807) is 19.1 Å². The normalized spacial score (nSPS) is 21.8. The molecule has 1 aliphatic carbocycles. The molecule has 2 rings (SSSR count). The van der Waals surface area contributed by atoms with E-state index in [1.807, 2.05) is 0 Å². The van der Waals surface area contributed by atoms with E-state index in [1.165, 1.54) is 18.9 Å². The van der Waals surface area contributed by atoms with E-state index in [4.69, 9.17) is 0 Å². The number of nitrogens with zero attached hydrogens (tertiary/aromatic N) is 1. The lowest BCUT2D eigenvalue weighted by atomic mass is 9.89. The van der Waals surface area contributed by atoms with Crippen LogP contribution < -0.4 is 5.32 Å². The largest absolute Gasteiger partial charge is 0.351 e. The van der Waals surface area contributed by atoms with Gasteiger partial charge in [0.25, 0.3) is 11.6 Å². The average molecular weight is 355 g/mol. The number of para-hydroxylation sites is 1. The molecule has 0 aromatic heterocycles. The molecule has 1 aromatic rings. The third kappa shape index (κ3) is 3.81. The van der Waals surface area contributed by atoms with Crippen LogP contribution in [0.3, 0.4) is 0 Å². The predicted molar refractivity (Wildman–Crippen MR) is 84.8 cm³/mol. The van der Waals surface area contributed by atoms with Crippen molar-refractivity contribution in [3.8, 4) is 0 Å². The smallest absolute Gasteiger partial charge is 0.285 e. The van der Waals surface area contributed by atoms with Gasteiger partial charge in [-0.05, 0) is 31.7 Å². The lowest BCUT2D eigenvalue weighted by Crippen LogP contribution is -2.34. The summed E-state index contributed by atoms with van der Waals surface area (Å²) in [5.74, 6) is 0.0299. The Kier molecular flexibility index (Phi) is 5.33. The molecule has 21 heavy (non-hydrogen) atoms. The number of halogens is 1. The number of rotatable bonds is 4. The number of aryl methyl sites for hydroxylation is 1. The van der Waals surface area contributed by atoms with E-state index in [9.17, 15) is 14.9 Å². The Morgan fingerprint density at radius 2 is 2.14 bits per heavy atom. The fourth-order valence-electron chi connectivity index (χ4n) is 2.80. The van der Waals surface area contributed by atoms with Gasteiger partial charge in [0.2, 0.25) is 0 Å². The van der Waals surface area contributed by atoms with Crippen molar-refractivity contribution in [3.05, 3.63) is 39.4 Å². The van der Waals surface area contributed by atoms with Gasteiger partial charge in [0.1, 0.15) is 5.56 Å². The Bertz CT molecular complexity index is 548. The maximum absolute atomic E-state index is 12.2. The average Bonchev–Trinajstić information content (AvgIpc) is 2.45. The first-order chi connectivity index (χ1) is 10.0. The molecule has 0 heterocycles. The molecule has 1 amide bonds. The van der Waals surface area contributed by atoms with Gasteiger partial charge in [-0.15, -0.1) is 0 Å². The summed E-state index contributed by atoms with van der Waals surface area (Å²) in [7, 11) is 0. The molecule has 2 atom stereocenters. The van der Waals surface area contributed by atoms with Crippen molar-refractivity contribution in [2.75, 3.05) is 6.54 Å². The third-order valence-corrected chi connectivity index (χ3v) is 5.21. The molecule has 1 saturated carbocycles. The van der Waals surface area contributed by atoms with Crippen LogP contribution in [0.2, 0.25) is 0 Å². The first-order valence-corrected chi connectivity index (χ1v) is 8.08. The zero-order chi connectivity index (χ0) is 15.4. The minimum Gasteiger partial charge on any atom is -0.351 e. The molecule has 0 bridgehead atoms. The van der Waals surface area contributed by atoms with Crippen LogP contribution in [0.15, 0.2) is 18.2 Å². The van der Waals surface area contributed by atoms with Crippen LogP contribution in [0.5, 0.6) is 0 Å². The van der Waals surface area contributed by atoms with Gasteiger partial charge in [-0.2, -0.15) is 0 Å². The zero-order valence-corrected chi connectivity index (χ0v) is 13.6. The second-order valence-corrected chi connectivity index (χ2v) is 6.67. The first kappa shape index (κ1) is 15.9. The number of carbonyl (C=O) groups is 1. The highest BCUT2D eigenvalue weighted by Crippen LogP contribution is 2.29. The number of carbonyl (C=O) groups excluding carboxylic acids is 1. The molecular weight excluding hydrogens is 336 g/mol. The molecule has 0 spiro atoms. The topological polar surface area (TPSA) is 72.2 Å². The Hall–Kier alpha value is -1.43. The van der Waals surface area contributed by atoms with Crippen LogP contribution in [-0.4, -0.2) is 22.2 Å². The Morgan fingerprint density at radius 1 is 1.43 bits per heavy atom. The molecule has 114 valence electrons. The van der Waals surface area contributed by atoms with Gasteiger partial charge in [0, 0.05) is 16.9 Å². The standard InChI is InChI=1S/C15H19BrN2O3/c1-10-5-4-7-12(14(10)18(20)21)15(19)17-9-11-6-2-3-8-13(11)16/h4-5,7,11,13H,2-3,6,8-9H2,1H3,(H,17,19). The molecule has 2 unspecified atom stereocenters. The Labute approximate surface area is 132 Å². The molecule has 1 N–H and O–H groups in total. The summed E-state index contributed by atoms with van der Waals surface area (Å²) in [6.07, 6.45) is 4.58. The summed E-state index contributed by atoms with van der Waals surface area (Å²) in [5, 5.41) is 14.0. The van der Waals surface area contributed by atoms with Crippen molar-refractivity contribution in [2.45, 2.75) is 37.4 Å². The van der Waals surface area contributed by atoms with E-state index in [2.05, 4.69) is 21.2 Å². The van der Waals surface area contributed by atoms with Gasteiger partial charge in [0.05, 0.1) is 4.92 Å². The molecule has 6 heteroatoms. The van der Waals surface area contributed by atoms with Gasteiger partial charge in [0.15, 0.2) is 0 Å². The Balaban J connectivity index is 2.07. The van der Waals surface area contributed by atoms with Gasteiger partial charge in [-0.3, -0.25) is 14.9 Å². The van der Waals surface area contributed by atoms with Crippen LogP contribution >= 0.6 is 15.9 Å². The zero-order valence-electron chi connectivity index (χ0n) is 12.0. The highest BCUT2D eigenvalue weighted by Gasteiger charge is 2.26. The third-order valence-electron chi connectivity index (χ3n) is 4.01. The number of hydrogen-bond acceptors (Lipinski definition) is 3. The maximum Gasteiger partial charge on any atom is 0.285 e. The molecule has 1 fully saturated rings. The molecule has 0 saturated heterocycles. The summed E-state index contributed by atoms with van der Waals surface area (Å²) in [4.78, 5) is 23.3. The van der Waals surface area contributed by atoms with Crippen molar-refractivity contribution in [1.82, 2.24) is 5.32 Å². The molecule has 5 nitrogen and oxygen atoms in total. The summed E-state index contributed by atoms with van der Waals surface area (Å²) in [6.45, 7) is 2.20. The van der Waals surface area contributed by atoms with Crippen molar-refractivity contribution in [2.24, 2.45) is 5.92 Å². The maximum atomic E-state index is 12.2. The highest BCUT2D eigenvalue weighted by molar-refractivity contribution is 9.09. The van der Waals surface area contributed by atoms with Crippen molar-refractivity contribution < 1.29 is 9.72 Å². The van der Waals surface area contributed by atoms with E-state index in [-0.39, 0.29) is 17.2 Å². The Morgan fingerprint density at radius 3 is 2.81 bits per heavy atom. The SMILES string of the molecule is Cc1cccc(C(=O)NCC2CCCCC2Br)c1[N+](=O)[O-]. The van der Waals surface area contributed by atoms with Gasteiger partial charge >= 0.3 is 0 Å². The number of alkyl halides is 1. The van der Waals surface area contributed by atoms with E-state index >= 15 is 0 Å². The molecule has 0 radical (unpaired) electrons. The lowest BCUT2D eigenvalue weighted by molar-refractivity contribution is -0.385. The number of nitrogens with one attached hydrogen (secondary N) is 1. The van der Waals surface area contributed by atoms with E-state index < -0.39 is 4.92 Å². The lowest BCUT2D eigenvalue weighted by Gasteiger charge is -2.27. The van der Waals surface area contributed by atoms with Crippen LogP contribution in [0.4, 0.5) is 5.69 Å². The minimum absolute atomic E-state index is 0.103. The number of nitro groups is 1. The number of hydrogen-bond donors (Lipinski definition) is 1. The molecule has 1 aliphatic rings. The summed E-state index contributed by atoms with van der Waals surface area (Å²) >= 11 is 3.65. The number of nitro benzene ring substituents is 1. The monoisotopic (exact) mass is 354 g/mol. The van der Waals surface area contributed by atoms with Crippen LogP contribution in [0.25, 0.3) is 0 Å². The summed E-state index contributed by atoms with van der Waals surface area (Å²) in [5.41, 5.74) is 0.541. The second kappa shape index (κ2) is 7.02. The fourth-order valence-corrected chi connectivity index (χ4v) is 3.57. The summed E-state index contributed by atoms with van der Waals surface area (Å²) in [6, 6.07) is 4.82. The fraction of sp³-hybridized carbons (Fsp3) is 0.533. The van der Waals surface area contributed by atoms with Gasteiger partial charge in [-0.1, -0.05) is 40.9 Å². The number of benzene rings is 1. The highest BCUT2D eigenvalue weighted by atomic mass is 79.9. The number of amides is 1. The van der Waals surface area contributed by atoms with Gasteiger partial charge < -0.3 is 5.32 Å². The molecule has 1 aromatic carbocycles.